The zero-order valence-corrected chi connectivity index (χ0v) is 8.97. The van der Waals surface area contributed by atoms with Gasteiger partial charge in [0, 0.05) is 12.8 Å². The lowest BCUT2D eigenvalue weighted by atomic mass is 10.2. The molecule has 0 bridgehead atoms. The predicted octanol–water partition coefficient (Wildman–Crippen LogP) is 1.60. The number of aliphatic imine (C=N–C) groups is 1. The third-order valence-corrected chi connectivity index (χ3v) is 1.27. The second-order valence-corrected chi connectivity index (χ2v) is 3.81. The molecule has 0 unspecified atom stereocenters. The van der Waals surface area contributed by atoms with Crippen LogP contribution in [0.25, 0.3) is 0 Å². The Labute approximate surface area is 79.4 Å². The molecule has 0 rings (SSSR count). The summed E-state index contributed by atoms with van der Waals surface area (Å²) >= 11 is 0. The lowest BCUT2D eigenvalue weighted by molar-refractivity contribution is 0.0536. The molecule has 76 valence electrons. The van der Waals surface area contributed by atoms with Gasteiger partial charge < -0.3 is 10.1 Å². The van der Waals surface area contributed by atoms with Crippen molar-refractivity contribution in [2.75, 3.05) is 13.6 Å². The molecule has 13 heavy (non-hydrogen) atoms. The van der Waals surface area contributed by atoms with Gasteiger partial charge >= 0.3 is 6.09 Å². The van der Waals surface area contributed by atoms with E-state index in [4.69, 9.17) is 4.74 Å². The summed E-state index contributed by atoms with van der Waals surface area (Å²) in [5, 5.41) is 2.60. The van der Waals surface area contributed by atoms with Gasteiger partial charge in [0.05, 0.1) is 6.54 Å². The van der Waals surface area contributed by atoms with E-state index in [-0.39, 0.29) is 0 Å². The normalized spacial score (nSPS) is 12.5. The van der Waals surface area contributed by atoms with Crippen LogP contribution in [0.4, 0.5) is 4.79 Å². The lowest BCUT2D eigenvalue weighted by Crippen LogP contribution is -2.34. The standard InChI is InChI=1S/C9H18N2O2/c1-7(10-5)6-11-8(12)13-9(2,3)4/h6H2,1-5H3,(H,11,12). The van der Waals surface area contributed by atoms with Gasteiger partial charge in [-0.25, -0.2) is 4.79 Å². The minimum Gasteiger partial charge on any atom is -0.444 e. The van der Waals surface area contributed by atoms with Crippen LogP contribution in [0.5, 0.6) is 0 Å². The van der Waals surface area contributed by atoms with E-state index in [0.717, 1.165) is 5.71 Å². The van der Waals surface area contributed by atoms with Crippen molar-refractivity contribution in [1.29, 1.82) is 0 Å². The molecule has 0 aromatic heterocycles. The van der Waals surface area contributed by atoms with Crippen molar-refractivity contribution in [3.05, 3.63) is 0 Å². The number of nitrogens with one attached hydrogen (secondary N) is 1. The monoisotopic (exact) mass is 186 g/mol. The molecular formula is C9H18N2O2. The summed E-state index contributed by atoms with van der Waals surface area (Å²) in [6.45, 7) is 7.76. The molecular weight excluding hydrogens is 168 g/mol. The molecule has 1 amide bonds. The molecule has 0 atom stereocenters. The molecule has 4 heteroatoms. The minimum atomic E-state index is -0.443. The highest BCUT2D eigenvalue weighted by atomic mass is 16.6. The van der Waals surface area contributed by atoms with E-state index in [9.17, 15) is 4.79 Å². The number of alkyl carbamates (subject to hydrolysis) is 1. The number of ether oxygens (including phenoxy) is 1. The number of hydrogen-bond donors (Lipinski definition) is 1. The summed E-state index contributed by atoms with van der Waals surface area (Å²) in [6.07, 6.45) is -0.407. The van der Waals surface area contributed by atoms with E-state index in [1.807, 2.05) is 27.7 Å². The molecule has 0 spiro atoms. The first-order chi connectivity index (χ1) is 5.85. The first kappa shape index (κ1) is 11.9. The van der Waals surface area contributed by atoms with Crippen LogP contribution in [-0.4, -0.2) is 31.0 Å². The predicted molar refractivity (Wildman–Crippen MR) is 53.3 cm³/mol. The topological polar surface area (TPSA) is 50.7 Å². The van der Waals surface area contributed by atoms with Gasteiger partial charge in [-0.1, -0.05) is 0 Å². The Morgan fingerprint density at radius 1 is 1.46 bits per heavy atom. The maximum Gasteiger partial charge on any atom is 0.407 e. The Hall–Kier alpha value is -1.06. The Kier molecular flexibility index (Phi) is 4.45. The van der Waals surface area contributed by atoms with Crippen LogP contribution in [-0.2, 0) is 4.74 Å². The number of carbonyl (C=O) groups excluding carboxylic acids is 1. The highest BCUT2D eigenvalue weighted by molar-refractivity contribution is 5.86. The van der Waals surface area contributed by atoms with Crippen molar-refractivity contribution in [2.24, 2.45) is 4.99 Å². The van der Waals surface area contributed by atoms with Crippen LogP contribution in [0.3, 0.4) is 0 Å². The molecule has 0 aromatic rings. The lowest BCUT2D eigenvalue weighted by Gasteiger charge is -2.19. The number of carbonyl (C=O) groups is 1. The van der Waals surface area contributed by atoms with E-state index in [0.29, 0.717) is 6.54 Å². The van der Waals surface area contributed by atoms with Gasteiger partial charge in [0.25, 0.3) is 0 Å². The molecule has 1 N–H and O–H groups in total. The van der Waals surface area contributed by atoms with Crippen molar-refractivity contribution in [3.63, 3.8) is 0 Å². The third-order valence-electron chi connectivity index (χ3n) is 1.27. The summed E-state index contributed by atoms with van der Waals surface area (Å²) in [4.78, 5) is 15.0. The third kappa shape index (κ3) is 7.31. The van der Waals surface area contributed by atoms with Gasteiger partial charge in [-0.2, -0.15) is 0 Å². The second-order valence-electron chi connectivity index (χ2n) is 3.81. The molecule has 0 heterocycles. The average molecular weight is 186 g/mol. The quantitative estimate of drug-likeness (QED) is 0.666. The highest BCUT2D eigenvalue weighted by Crippen LogP contribution is 2.05. The van der Waals surface area contributed by atoms with Crippen LogP contribution >= 0.6 is 0 Å². The van der Waals surface area contributed by atoms with Gasteiger partial charge in [-0.15, -0.1) is 0 Å². The van der Waals surface area contributed by atoms with E-state index >= 15 is 0 Å². The largest absolute Gasteiger partial charge is 0.444 e. The number of nitrogens with zero attached hydrogens (tertiary/aromatic N) is 1. The van der Waals surface area contributed by atoms with Crippen LogP contribution in [0.2, 0.25) is 0 Å². The summed E-state index contributed by atoms with van der Waals surface area (Å²) in [6, 6.07) is 0. The molecule has 0 radical (unpaired) electrons. The van der Waals surface area contributed by atoms with E-state index < -0.39 is 11.7 Å². The van der Waals surface area contributed by atoms with Gasteiger partial charge in [0.1, 0.15) is 5.60 Å². The number of rotatable bonds is 2. The first-order valence-corrected chi connectivity index (χ1v) is 4.24. The average Bonchev–Trinajstić information content (AvgIpc) is 1.97. The zero-order chi connectivity index (χ0) is 10.5. The van der Waals surface area contributed by atoms with Gasteiger partial charge in [0.2, 0.25) is 0 Å². The summed E-state index contributed by atoms with van der Waals surface area (Å²) in [5.41, 5.74) is 0.423. The molecule has 0 aliphatic rings. The Balaban J connectivity index is 3.77. The minimum absolute atomic E-state index is 0.407. The van der Waals surface area contributed by atoms with Crippen LogP contribution in [0, 0.1) is 0 Å². The van der Waals surface area contributed by atoms with Crippen molar-refractivity contribution in [3.8, 4) is 0 Å². The Morgan fingerprint density at radius 2 is 2.00 bits per heavy atom. The van der Waals surface area contributed by atoms with Crippen LogP contribution in [0.15, 0.2) is 4.99 Å². The summed E-state index contributed by atoms with van der Waals surface area (Å²) in [5.74, 6) is 0. The van der Waals surface area contributed by atoms with Gasteiger partial charge in [-0.3, -0.25) is 4.99 Å². The second kappa shape index (κ2) is 4.84. The SMILES string of the molecule is CN=C(C)CNC(=O)OC(C)(C)C. The molecule has 0 saturated heterocycles. The van der Waals surface area contributed by atoms with Crippen molar-refractivity contribution < 1.29 is 9.53 Å². The van der Waals surface area contributed by atoms with Crippen LogP contribution < -0.4 is 5.32 Å². The molecule has 0 aromatic carbocycles. The Morgan fingerprint density at radius 3 is 2.38 bits per heavy atom. The molecule has 0 aliphatic heterocycles. The maximum absolute atomic E-state index is 11.1. The van der Waals surface area contributed by atoms with E-state index in [1.54, 1.807) is 7.05 Å². The fourth-order valence-electron chi connectivity index (χ4n) is 0.593. The molecule has 4 nitrogen and oxygen atoms in total. The number of hydrogen-bond acceptors (Lipinski definition) is 3. The Bertz CT molecular complexity index is 204. The fourth-order valence-corrected chi connectivity index (χ4v) is 0.593. The smallest absolute Gasteiger partial charge is 0.407 e. The van der Waals surface area contributed by atoms with Crippen molar-refractivity contribution in [1.82, 2.24) is 5.32 Å². The molecule has 0 saturated carbocycles. The van der Waals surface area contributed by atoms with Crippen molar-refractivity contribution >= 4 is 11.8 Å². The summed E-state index contributed by atoms with van der Waals surface area (Å²) in [7, 11) is 1.69. The number of amides is 1. The highest BCUT2D eigenvalue weighted by Gasteiger charge is 2.15. The fraction of sp³-hybridized carbons (Fsp3) is 0.778. The maximum atomic E-state index is 11.1. The first-order valence-electron chi connectivity index (χ1n) is 4.24. The van der Waals surface area contributed by atoms with Gasteiger partial charge in [0.15, 0.2) is 0 Å². The summed E-state index contributed by atoms with van der Waals surface area (Å²) < 4.78 is 5.03. The zero-order valence-electron chi connectivity index (χ0n) is 8.97. The van der Waals surface area contributed by atoms with Gasteiger partial charge in [-0.05, 0) is 27.7 Å². The van der Waals surface area contributed by atoms with E-state index in [2.05, 4.69) is 10.3 Å². The van der Waals surface area contributed by atoms with E-state index in [1.165, 1.54) is 0 Å². The van der Waals surface area contributed by atoms with Crippen molar-refractivity contribution in [2.45, 2.75) is 33.3 Å². The molecule has 0 aliphatic carbocycles. The van der Waals surface area contributed by atoms with Crippen LogP contribution in [0.1, 0.15) is 27.7 Å². The molecule has 0 fully saturated rings.